The van der Waals surface area contributed by atoms with Gasteiger partial charge in [0.15, 0.2) is 28.8 Å². The number of carbonyl (C=O) groups excluding carboxylic acids is 4. The van der Waals surface area contributed by atoms with E-state index in [1.165, 1.54) is 15.9 Å². The molecular formula is C33H30BClF3N5O12. The van der Waals surface area contributed by atoms with Crippen molar-refractivity contribution in [3.05, 3.63) is 75.1 Å². The summed E-state index contributed by atoms with van der Waals surface area (Å²) >= 11 is 6.17. The standard InChI is InChI=1S/C33H30BClF3N5O12/c35-23-16(12-18(37)26(46)27(23)47)25(29(48)39-21-11-13-1-2-17(36)22(31(50)51)28(13)55-34(21)54)40-32(52)43-8-7-42(33(43)53)15-3-5-41(6-4-15)30(49)14-9-19(44)24(38)20(45)10-14/h1-2,9-10,12,15,21,25,44-47,54H,3-8,11H2,(H,39,48)(H,40,52)(H,50,51). The van der Waals surface area contributed by atoms with E-state index in [1.54, 1.807) is 0 Å². The van der Waals surface area contributed by atoms with Crippen molar-refractivity contribution in [2.75, 3.05) is 26.2 Å². The van der Waals surface area contributed by atoms with Crippen LogP contribution in [-0.4, -0.2) is 120 Å². The monoisotopic (exact) mass is 791 g/mol. The third-order valence-electron chi connectivity index (χ3n) is 9.55. The largest absolute Gasteiger partial charge is 0.547 e. The van der Waals surface area contributed by atoms with E-state index in [0.717, 1.165) is 23.1 Å². The van der Waals surface area contributed by atoms with Gasteiger partial charge in [-0.2, -0.15) is 4.39 Å². The maximum Gasteiger partial charge on any atom is 0.547 e. The Morgan fingerprint density at radius 3 is 2.22 bits per heavy atom. The molecule has 2 atom stereocenters. The Morgan fingerprint density at radius 2 is 1.58 bits per heavy atom. The van der Waals surface area contributed by atoms with E-state index in [0.29, 0.717) is 6.07 Å². The Hall–Kier alpha value is -6.09. The minimum atomic E-state index is -2.00. The number of piperidine rings is 1. The number of phenols is 4. The molecule has 3 aliphatic heterocycles. The first-order valence-electron chi connectivity index (χ1n) is 16.5. The number of nitrogens with one attached hydrogen (secondary N) is 2. The minimum absolute atomic E-state index is 0.0285. The molecule has 55 heavy (non-hydrogen) atoms. The summed E-state index contributed by atoms with van der Waals surface area (Å²) in [5.74, 6) is -13.5. The molecule has 6 amide bonds. The Kier molecular flexibility index (Phi) is 10.5. The number of hydrogen-bond donors (Lipinski definition) is 8. The van der Waals surface area contributed by atoms with Gasteiger partial charge in [0.1, 0.15) is 23.2 Å². The molecule has 8 N–H and O–H groups in total. The number of rotatable bonds is 7. The van der Waals surface area contributed by atoms with Crippen LogP contribution in [0.1, 0.15) is 50.7 Å². The van der Waals surface area contributed by atoms with Crippen LogP contribution in [0.2, 0.25) is 5.02 Å². The van der Waals surface area contributed by atoms with Gasteiger partial charge in [-0.05, 0) is 49.1 Å². The molecule has 2 saturated heterocycles. The van der Waals surface area contributed by atoms with E-state index in [2.05, 4.69) is 10.6 Å². The van der Waals surface area contributed by atoms with Crippen LogP contribution in [0.15, 0.2) is 30.3 Å². The van der Waals surface area contributed by atoms with Crippen molar-refractivity contribution < 1.29 is 72.4 Å². The van der Waals surface area contributed by atoms with Crippen molar-refractivity contribution in [2.45, 2.75) is 37.3 Å². The molecule has 3 aromatic rings. The summed E-state index contributed by atoms with van der Waals surface area (Å²) in [7, 11) is -1.96. The zero-order chi connectivity index (χ0) is 40.0. The number of imide groups is 1. The molecule has 2 fully saturated rings. The lowest BCUT2D eigenvalue weighted by Gasteiger charge is -2.36. The average Bonchev–Trinajstić information content (AvgIpc) is 3.54. The van der Waals surface area contributed by atoms with E-state index in [-0.39, 0.29) is 56.6 Å². The van der Waals surface area contributed by atoms with E-state index in [9.17, 15) is 67.7 Å². The normalized spacial score (nSPS) is 17.8. The van der Waals surface area contributed by atoms with Crippen molar-refractivity contribution in [2.24, 2.45) is 0 Å². The highest BCUT2D eigenvalue weighted by Crippen LogP contribution is 2.41. The Bertz CT molecular complexity index is 2100. The summed E-state index contributed by atoms with van der Waals surface area (Å²) in [6.45, 7) is 0.0655. The summed E-state index contributed by atoms with van der Waals surface area (Å²) in [6, 6.07) is -0.119. The van der Waals surface area contributed by atoms with Crippen molar-refractivity contribution in [1.82, 2.24) is 25.3 Å². The van der Waals surface area contributed by atoms with Crippen molar-refractivity contribution in [3.8, 4) is 28.7 Å². The molecule has 0 aliphatic carbocycles. The lowest BCUT2D eigenvalue weighted by Crippen LogP contribution is -2.56. The van der Waals surface area contributed by atoms with Crippen molar-refractivity contribution in [1.29, 1.82) is 0 Å². The number of halogens is 4. The number of urea groups is 2. The number of nitrogens with zero attached hydrogens (tertiary/aromatic N) is 3. The summed E-state index contributed by atoms with van der Waals surface area (Å²) in [5.41, 5.74) is -1.52. The predicted molar refractivity (Wildman–Crippen MR) is 181 cm³/mol. The van der Waals surface area contributed by atoms with Gasteiger partial charge in [-0.25, -0.2) is 28.1 Å². The van der Waals surface area contributed by atoms with Gasteiger partial charge in [-0.3, -0.25) is 9.59 Å². The molecule has 290 valence electrons. The molecule has 22 heteroatoms. The number of phenolic OH excluding ortho intramolecular Hbond substituents is 4. The fraction of sp³-hybridized carbons (Fsp3) is 0.303. The van der Waals surface area contributed by atoms with Gasteiger partial charge >= 0.3 is 25.1 Å². The van der Waals surface area contributed by atoms with Crippen LogP contribution in [0.25, 0.3) is 0 Å². The smallest absolute Gasteiger partial charge is 0.534 e. The first-order chi connectivity index (χ1) is 26.0. The molecule has 6 rings (SSSR count). The number of aromatic hydroxyl groups is 4. The summed E-state index contributed by atoms with van der Waals surface area (Å²) in [6.07, 6.45) is 0.174. The Labute approximate surface area is 313 Å². The summed E-state index contributed by atoms with van der Waals surface area (Å²) in [5, 5.41) is 63.4. The lowest BCUT2D eigenvalue weighted by molar-refractivity contribution is -0.123. The molecule has 3 heterocycles. The molecule has 17 nitrogen and oxygen atoms in total. The molecule has 0 radical (unpaired) electrons. The molecule has 0 bridgehead atoms. The van der Waals surface area contributed by atoms with Gasteiger partial charge in [-0.1, -0.05) is 17.7 Å². The Balaban J connectivity index is 1.16. The summed E-state index contributed by atoms with van der Waals surface area (Å²) < 4.78 is 47.8. The molecule has 2 unspecified atom stereocenters. The third-order valence-corrected chi connectivity index (χ3v) is 9.94. The number of carboxylic acid groups (broad SMARTS) is 1. The van der Waals surface area contributed by atoms with Gasteiger partial charge < -0.3 is 55.6 Å². The van der Waals surface area contributed by atoms with E-state index in [4.69, 9.17) is 16.3 Å². The van der Waals surface area contributed by atoms with Gasteiger partial charge in [0.05, 0.1) is 11.0 Å². The van der Waals surface area contributed by atoms with Gasteiger partial charge in [0.2, 0.25) is 11.7 Å². The fourth-order valence-corrected chi connectivity index (χ4v) is 6.96. The molecular weight excluding hydrogens is 762 g/mol. The van der Waals surface area contributed by atoms with Crippen molar-refractivity contribution >= 4 is 48.6 Å². The van der Waals surface area contributed by atoms with Crippen LogP contribution < -0.4 is 15.3 Å². The highest BCUT2D eigenvalue weighted by Gasteiger charge is 2.43. The van der Waals surface area contributed by atoms with Crippen LogP contribution in [-0.2, 0) is 11.2 Å². The van der Waals surface area contributed by atoms with Crippen LogP contribution >= 0.6 is 11.6 Å². The number of benzene rings is 3. The van der Waals surface area contributed by atoms with E-state index < -0.39 is 117 Å². The van der Waals surface area contributed by atoms with Crippen LogP contribution in [0.5, 0.6) is 28.7 Å². The van der Waals surface area contributed by atoms with E-state index >= 15 is 0 Å². The average molecular weight is 792 g/mol. The topological polar surface area (TPSA) is 250 Å². The van der Waals surface area contributed by atoms with E-state index in [1.807, 2.05) is 0 Å². The summed E-state index contributed by atoms with van der Waals surface area (Å²) in [4.78, 5) is 68.9. The number of likely N-dealkylation sites (tertiary alicyclic amines) is 1. The van der Waals surface area contributed by atoms with Gasteiger partial charge in [0.25, 0.3) is 5.91 Å². The highest BCUT2D eigenvalue weighted by atomic mass is 35.5. The highest BCUT2D eigenvalue weighted by molar-refractivity contribution is 6.47. The minimum Gasteiger partial charge on any atom is -0.534 e. The predicted octanol–water partition coefficient (Wildman–Crippen LogP) is 2.21. The third kappa shape index (κ3) is 7.27. The Morgan fingerprint density at radius 1 is 0.927 bits per heavy atom. The van der Waals surface area contributed by atoms with Crippen LogP contribution in [0.4, 0.5) is 22.8 Å². The zero-order valence-corrected chi connectivity index (χ0v) is 28.9. The molecule has 3 aliphatic rings. The van der Waals surface area contributed by atoms with Crippen molar-refractivity contribution in [3.63, 3.8) is 0 Å². The quantitative estimate of drug-likeness (QED) is 0.127. The number of hydrogen-bond acceptors (Lipinski definition) is 11. The lowest BCUT2D eigenvalue weighted by atomic mass is 9.72. The zero-order valence-electron chi connectivity index (χ0n) is 28.1. The molecule has 0 spiro atoms. The number of amides is 6. The first-order valence-corrected chi connectivity index (χ1v) is 16.8. The van der Waals surface area contributed by atoms with Crippen LogP contribution in [0, 0.1) is 17.5 Å². The second-order valence-corrected chi connectivity index (χ2v) is 13.2. The number of carbonyl (C=O) groups is 5. The number of aromatic carboxylic acids is 1. The van der Waals surface area contributed by atoms with Gasteiger partial charge in [-0.15, -0.1) is 0 Å². The molecule has 3 aromatic carbocycles. The second kappa shape index (κ2) is 15.0. The fourth-order valence-electron chi connectivity index (χ4n) is 6.71. The molecule has 0 aromatic heterocycles. The maximum atomic E-state index is 14.7. The SMILES string of the molecule is O=C(O)c1c(F)ccc2c1OB(O)C(NC(=O)C(NC(=O)N1CCN(C3CCN(C(=O)c4cc(O)c(F)c(O)c4)CC3)C1=O)c1cc(F)c(O)c(O)c1Cl)C2. The first kappa shape index (κ1) is 38.6. The van der Waals surface area contributed by atoms with Gasteiger partial charge in [0, 0.05) is 43.3 Å². The second-order valence-electron chi connectivity index (χ2n) is 12.9. The van der Waals surface area contributed by atoms with Crippen LogP contribution in [0.3, 0.4) is 0 Å². The maximum absolute atomic E-state index is 14.7. The molecule has 0 saturated carbocycles. The number of fused-ring (bicyclic) bond motifs is 1. The number of carboxylic acids is 1.